The molecule has 0 saturated heterocycles. The van der Waals surface area contributed by atoms with E-state index in [0.29, 0.717) is 28.8 Å². The molecule has 33 heavy (non-hydrogen) atoms. The fourth-order valence-electron chi connectivity index (χ4n) is 4.32. The van der Waals surface area contributed by atoms with E-state index in [0.717, 1.165) is 26.9 Å². The number of rotatable bonds is 4. The first-order valence-electron chi connectivity index (χ1n) is 10.8. The van der Waals surface area contributed by atoms with Gasteiger partial charge >= 0.3 is 0 Å². The fraction of sp³-hybridized carbons (Fsp3) is 0.185. The predicted molar refractivity (Wildman–Crippen MR) is 132 cm³/mol. The van der Waals surface area contributed by atoms with Crippen LogP contribution in [0.4, 0.5) is 5.69 Å². The highest BCUT2D eigenvalue weighted by atomic mass is 79.9. The highest BCUT2D eigenvalue weighted by Crippen LogP contribution is 2.42. The fourth-order valence-corrected chi connectivity index (χ4v) is 4.59. The molecule has 0 bridgehead atoms. The maximum absolute atomic E-state index is 13.7. The number of anilines is 1. The number of carbonyl (C=O) groups is 1. The van der Waals surface area contributed by atoms with E-state index < -0.39 is 6.04 Å². The van der Waals surface area contributed by atoms with Crippen LogP contribution in [0.1, 0.15) is 45.8 Å². The van der Waals surface area contributed by atoms with Gasteiger partial charge in [0.15, 0.2) is 5.43 Å². The van der Waals surface area contributed by atoms with E-state index in [1.807, 2.05) is 81.4 Å². The van der Waals surface area contributed by atoms with Crippen molar-refractivity contribution >= 4 is 38.5 Å². The number of amides is 1. The molecule has 5 rings (SSSR count). The number of nitrogens with zero attached hydrogens (tertiary/aromatic N) is 1. The average molecular weight is 504 g/mol. The third-order valence-corrected chi connectivity index (χ3v) is 6.63. The van der Waals surface area contributed by atoms with Gasteiger partial charge in [0.1, 0.15) is 11.3 Å². The molecule has 0 saturated carbocycles. The van der Waals surface area contributed by atoms with Gasteiger partial charge in [-0.2, -0.15) is 0 Å². The Labute approximate surface area is 199 Å². The zero-order valence-electron chi connectivity index (χ0n) is 18.5. The molecule has 0 aliphatic carbocycles. The number of fused-ring (bicyclic) bond motifs is 2. The van der Waals surface area contributed by atoms with Gasteiger partial charge in [0.05, 0.1) is 23.6 Å². The molecule has 1 aliphatic rings. The maximum atomic E-state index is 13.7. The second kappa shape index (κ2) is 8.19. The topological polar surface area (TPSA) is 59.8 Å². The molecule has 0 N–H and O–H groups in total. The normalized spacial score (nSPS) is 15.2. The first-order chi connectivity index (χ1) is 15.9. The highest BCUT2D eigenvalue weighted by Gasteiger charge is 2.43. The lowest BCUT2D eigenvalue weighted by Crippen LogP contribution is -2.29. The lowest BCUT2D eigenvalue weighted by atomic mass is 9.97. The Bertz CT molecular complexity index is 1440. The molecule has 1 amide bonds. The standard InChI is InChI=1S/C27H22BrNO4/c1-4-32-20-11-9-19(10-12-20)29-24(17-5-7-18(28)8-6-17)23-25(30)21-13-15(2)16(3)14-22(21)33-26(23)27(29)31/h5-14,24H,4H2,1-3H3. The van der Waals surface area contributed by atoms with Crippen molar-refractivity contribution in [2.45, 2.75) is 26.8 Å². The summed E-state index contributed by atoms with van der Waals surface area (Å²) in [5.41, 5.74) is 4.12. The van der Waals surface area contributed by atoms with Gasteiger partial charge in [0, 0.05) is 10.2 Å². The van der Waals surface area contributed by atoms with Gasteiger partial charge in [-0.25, -0.2) is 0 Å². The van der Waals surface area contributed by atoms with Crippen LogP contribution >= 0.6 is 15.9 Å². The van der Waals surface area contributed by atoms with Crippen molar-refractivity contribution < 1.29 is 13.9 Å². The van der Waals surface area contributed by atoms with E-state index in [9.17, 15) is 9.59 Å². The van der Waals surface area contributed by atoms with Crippen molar-refractivity contribution in [1.82, 2.24) is 0 Å². The van der Waals surface area contributed by atoms with Crippen LogP contribution in [-0.2, 0) is 0 Å². The number of hydrogen-bond acceptors (Lipinski definition) is 4. The molecule has 4 aromatic rings. The number of aryl methyl sites for hydroxylation is 2. The van der Waals surface area contributed by atoms with Gasteiger partial charge in [-0.15, -0.1) is 0 Å². The van der Waals surface area contributed by atoms with Crippen LogP contribution < -0.4 is 15.1 Å². The van der Waals surface area contributed by atoms with E-state index >= 15 is 0 Å². The first kappa shape index (κ1) is 21.5. The molecule has 0 radical (unpaired) electrons. The summed E-state index contributed by atoms with van der Waals surface area (Å²) in [5.74, 6) is 0.480. The van der Waals surface area contributed by atoms with E-state index in [1.54, 1.807) is 4.90 Å². The van der Waals surface area contributed by atoms with Crippen molar-refractivity contribution in [1.29, 1.82) is 0 Å². The molecule has 0 fully saturated rings. The summed E-state index contributed by atoms with van der Waals surface area (Å²) in [7, 11) is 0. The first-order valence-corrected chi connectivity index (χ1v) is 11.6. The van der Waals surface area contributed by atoms with Gasteiger partial charge in [-0.3, -0.25) is 14.5 Å². The molecule has 1 aliphatic heterocycles. The van der Waals surface area contributed by atoms with Crippen molar-refractivity contribution in [2.75, 3.05) is 11.5 Å². The zero-order chi connectivity index (χ0) is 23.3. The molecular weight excluding hydrogens is 482 g/mol. The smallest absolute Gasteiger partial charge is 0.295 e. The number of carbonyl (C=O) groups excluding carboxylic acids is 1. The Morgan fingerprint density at radius 2 is 1.64 bits per heavy atom. The SMILES string of the molecule is CCOc1ccc(N2C(=O)c3oc4cc(C)c(C)cc4c(=O)c3C2c2ccc(Br)cc2)cc1. The van der Waals surface area contributed by atoms with Crippen molar-refractivity contribution in [3.8, 4) is 5.75 Å². The molecule has 6 heteroatoms. The lowest BCUT2D eigenvalue weighted by Gasteiger charge is -2.25. The Balaban J connectivity index is 1.75. The minimum Gasteiger partial charge on any atom is -0.494 e. The lowest BCUT2D eigenvalue weighted by molar-refractivity contribution is 0.0971. The summed E-state index contributed by atoms with van der Waals surface area (Å²) in [6.07, 6.45) is 0. The average Bonchev–Trinajstić information content (AvgIpc) is 3.09. The molecule has 1 atom stereocenters. The summed E-state index contributed by atoms with van der Waals surface area (Å²) >= 11 is 3.47. The van der Waals surface area contributed by atoms with Crippen LogP contribution in [0.3, 0.4) is 0 Å². The van der Waals surface area contributed by atoms with Gasteiger partial charge < -0.3 is 9.15 Å². The molecule has 5 nitrogen and oxygen atoms in total. The van der Waals surface area contributed by atoms with Crippen LogP contribution in [0.5, 0.6) is 5.75 Å². The molecule has 3 aromatic carbocycles. The Morgan fingerprint density at radius 1 is 0.970 bits per heavy atom. The van der Waals surface area contributed by atoms with Crippen molar-refractivity contribution in [2.24, 2.45) is 0 Å². The zero-order valence-corrected chi connectivity index (χ0v) is 20.1. The third kappa shape index (κ3) is 3.55. The van der Waals surface area contributed by atoms with E-state index in [-0.39, 0.29) is 17.1 Å². The van der Waals surface area contributed by atoms with Gasteiger partial charge in [0.2, 0.25) is 5.76 Å². The van der Waals surface area contributed by atoms with Crippen LogP contribution in [0, 0.1) is 13.8 Å². The van der Waals surface area contributed by atoms with Crippen LogP contribution in [-0.4, -0.2) is 12.5 Å². The largest absolute Gasteiger partial charge is 0.494 e. The highest BCUT2D eigenvalue weighted by molar-refractivity contribution is 9.10. The summed E-state index contributed by atoms with van der Waals surface area (Å²) < 4.78 is 12.6. The van der Waals surface area contributed by atoms with Crippen LogP contribution in [0.15, 0.2) is 74.3 Å². The van der Waals surface area contributed by atoms with Crippen LogP contribution in [0.25, 0.3) is 11.0 Å². The van der Waals surface area contributed by atoms with Crippen molar-refractivity contribution in [3.05, 3.63) is 103 Å². The second-order valence-corrected chi connectivity index (χ2v) is 9.08. The monoisotopic (exact) mass is 503 g/mol. The minimum absolute atomic E-state index is 0.0950. The maximum Gasteiger partial charge on any atom is 0.295 e. The third-order valence-electron chi connectivity index (χ3n) is 6.10. The Kier molecular flexibility index (Phi) is 5.33. The number of halogens is 1. The summed E-state index contributed by atoms with van der Waals surface area (Å²) in [6, 6.07) is 18.0. The van der Waals surface area contributed by atoms with Crippen LogP contribution in [0.2, 0.25) is 0 Å². The molecule has 1 aromatic heterocycles. The number of hydrogen-bond donors (Lipinski definition) is 0. The van der Waals surface area contributed by atoms with Crippen molar-refractivity contribution in [3.63, 3.8) is 0 Å². The summed E-state index contributed by atoms with van der Waals surface area (Å²) in [6.45, 7) is 6.40. The molecule has 166 valence electrons. The van der Waals surface area contributed by atoms with Gasteiger partial charge in [0.25, 0.3) is 5.91 Å². The molecule has 2 heterocycles. The quantitative estimate of drug-likeness (QED) is 0.326. The summed E-state index contributed by atoms with van der Waals surface area (Å²) in [5, 5.41) is 0.486. The molecule has 1 unspecified atom stereocenters. The van der Waals surface area contributed by atoms with E-state index in [4.69, 9.17) is 9.15 Å². The van der Waals surface area contributed by atoms with E-state index in [1.165, 1.54) is 0 Å². The van der Waals surface area contributed by atoms with E-state index in [2.05, 4.69) is 15.9 Å². The Hall–Kier alpha value is -3.38. The second-order valence-electron chi connectivity index (χ2n) is 8.16. The number of benzene rings is 3. The molecule has 0 spiro atoms. The number of ether oxygens (including phenoxy) is 1. The van der Waals surface area contributed by atoms with Gasteiger partial charge in [-0.1, -0.05) is 28.1 Å². The van der Waals surface area contributed by atoms with Gasteiger partial charge in [-0.05, 0) is 86.0 Å². The molecular formula is C27H22BrNO4. The predicted octanol–water partition coefficient (Wildman–Crippen LogP) is 6.32. The minimum atomic E-state index is -0.596. The Morgan fingerprint density at radius 3 is 2.30 bits per heavy atom. The summed E-state index contributed by atoms with van der Waals surface area (Å²) in [4.78, 5) is 29.0.